The molecule has 0 aromatic heterocycles. The molecule has 5 heteroatoms. The van der Waals surface area contributed by atoms with E-state index < -0.39 is 6.10 Å². The first-order chi connectivity index (χ1) is 11.2. The zero-order chi connectivity index (χ0) is 16.2. The van der Waals surface area contributed by atoms with Crippen molar-refractivity contribution >= 4 is 11.6 Å². The topological polar surface area (TPSA) is 56.8 Å². The number of hydrogen-bond donors (Lipinski definition) is 1. The highest BCUT2D eigenvalue weighted by atomic mass is 16.5. The van der Waals surface area contributed by atoms with E-state index in [0.717, 1.165) is 11.3 Å². The van der Waals surface area contributed by atoms with Gasteiger partial charge in [0, 0.05) is 18.2 Å². The van der Waals surface area contributed by atoms with E-state index in [0.29, 0.717) is 30.2 Å². The van der Waals surface area contributed by atoms with Crippen LogP contribution in [-0.4, -0.2) is 25.7 Å². The predicted molar refractivity (Wildman–Crippen MR) is 87.4 cm³/mol. The van der Waals surface area contributed by atoms with Crippen LogP contribution < -0.4 is 19.5 Å². The van der Waals surface area contributed by atoms with E-state index in [1.165, 1.54) is 0 Å². The van der Waals surface area contributed by atoms with Crippen molar-refractivity contribution in [3.8, 4) is 17.2 Å². The third-order valence-corrected chi connectivity index (χ3v) is 3.67. The number of amides is 1. The van der Waals surface area contributed by atoms with Gasteiger partial charge in [-0.1, -0.05) is 18.2 Å². The maximum atomic E-state index is 12.4. The van der Waals surface area contributed by atoms with E-state index in [2.05, 4.69) is 5.32 Å². The number of fused-ring (bicyclic) bond motifs is 1. The Morgan fingerprint density at radius 3 is 2.83 bits per heavy atom. The van der Waals surface area contributed by atoms with Crippen molar-refractivity contribution in [3.63, 3.8) is 0 Å². The van der Waals surface area contributed by atoms with Gasteiger partial charge >= 0.3 is 0 Å². The van der Waals surface area contributed by atoms with Gasteiger partial charge in [0.2, 0.25) is 0 Å². The van der Waals surface area contributed by atoms with Gasteiger partial charge in [-0.3, -0.25) is 4.79 Å². The van der Waals surface area contributed by atoms with Gasteiger partial charge in [-0.2, -0.15) is 0 Å². The van der Waals surface area contributed by atoms with E-state index in [9.17, 15) is 4.79 Å². The Morgan fingerprint density at radius 1 is 1.26 bits per heavy atom. The summed E-state index contributed by atoms with van der Waals surface area (Å²) < 4.78 is 16.4. The number of para-hydroxylation sites is 1. The molecule has 2 aromatic carbocycles. The molecule has 1 heterocycles. The van der Waals surface area contributed by atoms with Gasteiger partial charge in [0.05, 0.1) is 13.7 Å². The van der Waals surface area contributed by atoms with Crippen LogP contribution in [0.1, 0.15) is 12.5 Å². The van der Waals surface area contributed by atoms with Crippen LogP contribution in [-0.2, 0) is 11.2 Å². The van der Waals surface area contributed by atoms with Crippen molar-refractivity contribution in [2.24, 2.45) is 0 Å². The summed E-state index contributed by atoms with van der Waals surface area (Å²) >= 11 is 0. The van der Waals surface area contributed by atoms with Gasteiger partial charge in [0.25, 0.3) is 5.91 Å². The summed E-state index contributed by atoms with van der Waals surface area (Å²) in [6, 6.07) is 13.0. The largest absolute Gasteiger partial charge is 0.493 e. The summed E-state index contributed by atoms with van der Waals surface area (Å²) in [7, 11) is 1.57. The molecule has 3 rings (SSSR count). The number of hydrogen-bond acceptors (Lipinski definition) is 4. The molecule has 0 radical (unpaired) electrons. The summed E-state index contributed by atoms with van der Waals surface area (Å²) in [6.07, 6.45) is 0.0702. The van der Waals surface area contributed by atoms with Crippen LogP contribution in [0.5, 0.6) is 17.2 Å². The molecule has 1 aliphatic heterocycles. The molecular formula is C18H19NO4. The molecule has 1 N–H and O–H groups in total. The molecule has 0 fully saturated rings. The van der Waals surface area contributed by atoms with Gasteiger partial charge in [0.1, 0.15) is 5.75 Å². The summed E-state index contributed by atoms with van der Waals surface area (Å²) in [5, 5.41) is 2.86. The highest BCUT2D eigenvalue weighted by Crippen LogP contribution is 2.31. The minimum Gasteiger partial charge on any atom is -0.493 e. The fourth-order valence-electron chi connectivity index (χ4n) is 2.57. The SMILES string of the molecule is CCOc1ccc(NC(=O)[C@@H]2Cc3ccccc3O2)cc1OC. The minimum atomic E-state index is -0.509. The van der Waals surface area contributed by atoms with Gasteiger partial charge in [-0.05, 0) is 30.7 Å². The number of ether oxygens (including phenoxy) is 3. The van der Waals surface area contributed by atoms with E-state index >= 15 is 0 Å². The summed E-state index contributed by atoms with van der Waals surface area (Å²) in [6.45, 7) is 2.46. The Hall–Kier alpha value is -2.69. The Bertz CT molecular complexity index is 689. The quantitative estimate of drug-likeness (QED) is 0.922. The molecule has 0 saturated carbocycles. The molecule has 2 aromatic rings. The lowest BCUT2D eigenvalue weighted by Gasteiger charge is -2.14. The molecule has 23 heavy (non-hydrogen) atoms. The number of anilines is 1. The third kappa shape index (κ3) is 3.23. The molecule has 1 aliphatic rings. The van der Waals surface area contributed by atoms with Crippen molar-refractivity contribution in [2.45, 2.75) is 19.4 Å². The lowest BCUT2D eigenvalue weighted by molar-refractivity contribution is -0.122. The Balaban J connectivity index is 1.69. The van der Waals surface area contributed by atoms with Crippen LogP contribution in [0.3, 0.4) is 0 Å². The molecule has 120 valence electrons. The van der Waals surface area contributed by atoms with Gasteiger partial charge in [-0.25, -0.2) is 0 Å². The maximum Gasteiger partial charge on any atom is 0.265 e. The number of methoxy groups -OCH3 is 1. The first-order valence-electron chi connectivity index (χ1n) is 7.57. The molecule has 1 atom stereocenters. The normalized spacial score (nSPS) is 15.5. The molecular weight excluding hydrogens is 294 g/mol. The number of benzene rings is 2. The van der Waals surface area contributed by atoms with Crippen molar-refractivity contribution in [1.29, 1.82) is 0 Å². The second-order valence-electron chi connectivity index (χ2n) is 5.21. The van der Waals surface area contributed by atoms with Crippen LogP contribution in [0.25, 0.3) is 0 Å². The van der Waals surface area contributed by atoms with E-state index in [1.54, 1.807) is 25.3 Å². The molecule has 0 spiro atoms. The Labute approximate surface area is 135 Å². The van der Waals surface area contributed by atoms with Crippen LogP contribution in [0.2, 0.25) is 0 Å². The van der Waals surface area contributed by atoms with E-state index in [4.69, 9.17) is 14.2 Å². The number of rotatable bonds is 5. The first-order valence-corrected chi connectivity index (χ1v) is 7.57. The fraction of sp³-hybridized carbons (Fsp3) is 0.278. The monoisotopic (exact) mass is 313 g/mol. The minimum absolute atomic E-state index is 0.174. The number of carbonyl (C=O) groups is 1. The molecule has 5 nitrogen and oxygen atoms in total. The van der Waals surface area contributed by atoms with Gasteiger partial charge in [-0.15, -0.1) is 0 Å². The average molecular weight is 313 g/mol. The predicted octanol–water partition coefficient (Wildman–Crippen LogP) is 3.04. The molecule has 0 aliphatic carbocycles. The summed E-state index contributed by atoms with van der Waals surface area (Å²) in [4.78, 5) is 12.4. The second-order valence-corrected chi connectivity index (χ2v) is 5.21. The lowest BCUT2D eigenvalue weighted by Crippen LogP contribution is -2.31. The van der Waals surface area contributed by atoms with Crippen LogP contribution in [0.4, 0.5) is 5.69 Å². The third-order valence-electron chi connectivity index (χ3n) is 3.67. The molecule has 0 unspecified atom stereocenters. The van der Waals surface area contributed by atoms with Crippen molar-refractivity contribution in [1.82, 2.24) is 0 Å². The highest BCUT2D eigenvalue weighted by molar-refractivity contribution is 5.95. The van der Waals surface area contributed by atoms with Gasteiger partial charge in [0.15, 0.2) is 17.6 Å². The average Bonchev–Trinajstić information content (AvgIpc) is 3.00. The molecule has 1 amide bonds. The smallest absolute Gasteiger partial charge is 0.265 e. The summed E-state index contributed by atoms with van der Waals surface area (Å²) in [5.41, 5.74) is 1.70. The van der Waals surface area contributed by atoms with Gasteiger partial charge < -0.3 is 19.5 Å². The van der Waals surface area contributed by atoms with Crippen molar-refractivity contribution in [2.75, 3.05) is 19.0 Å². The maximum absolute atomic E-state index is 12.4. The molecule has 0 bridgehead atoms. The zero-order valence-electron chi connectivity index (χ0n) is 13.2. The van der Waals surface area contributed by atoms with Crippen LogP contribution >= 0.6 is 0 Å². The summed E-state index contributed by atoms with van der Waals surface area (Å²) in [5.74, 6) is 1.84. The highest BCUT2D eigenvalue weighted by Gasteiger charge is 2.28. The van der Waals surface area contributed by atoms with E-state index in [1.807, 2.05) is 31.2 Å². The Morgan fingerprint density at radius 2 is 2.09 bits per heavy atom. The fourth-order valence-corrected chi connectivity index (χ4v) is 2.57. The number of carbonyl (C=O) groups excluding carboxylic acids is 1. The second kappa shape index (κ2) is 6.60. The lowest BCUT2D eigenvalue weighted by atomic mass is 10.1. The van der Waals surface area contributed by atoms with Crippen molar-refractivity contribution in [3.05, 3.63) is 48.0 Å². The Kier molecular flexibility index (Phi) is 4.37. The van der Waals surface area contributed by atoms with Crippen LogP contribution in [0, 0.1) is 0 Å². The standard InChI is InChI=1S/C18H19NO4/c1-3-22-15-9-8-13(11-16(15)21-2)19-18(20)17-10-12-6-4-5-7-14(12)23-17/h4-9,11,17H,3,10H2,1-2H3,(H,19,20)/t17-/m0/s1. The van der Waals surface area contributed by atoms with Crippen LogP contribution in [0.15, 0.2) is 42.5 Å². The number of nitrogens with one attached hydrogen (secondary N) is 1. The van der Waals surface area contributed by atoms with Crippen molar-refractivity contribution < 1.29 is 19.0 Å². The first kappa shape index (κ1) is 15.2. The molecule has 0 saturated heterocycles. The zero-order valence-corrected chi connectivity index (χ0v) is 13.2. The van der Waals surface area contributed by atoms with E-state index in [-0.39, 0.29) is 5.91 Å².